The molecule has 0 saturated carbocycles. The molecule has 0 aliphatic heterocycles. The van der Waals surface area contributed by atoms with Gasteiger partial charge in [0.2, 0.25) is 0 Å². The smallest absolute Gasteiger partial charge is 0.00489 e. The molecule has 0 fully saturated rings. The molecule has 1 N–H and O–H groups in total. The van der Waals surface area contributed by atoms with Crippen LogP contribution in [-0.4, -0.2) is 13.1 Å². The van der Waals surface area contributed by atoms with Crippen LogP contribution in [0.1, 0.15) is 65.2 Å². The fourth-order valence-electron chi connectivity index (χ4n) is 1.66. The maximum Gasteiger partial charge on any atom is -0.00489 e. The Balaban J connectivity index is 2.89. The van der Waals surface area contributed by atoms with Gasteiger partial charge in [-0.15, -0.1) is 6.58 Å². The van der Waals surface area contributed by atoms with Crippen molar-refractivity contribution >= 4 is 0 Å². The predicted molar refractivity (Wildman–Crippen MR) is 70.3 cm³/mol. The van der Waals surface area contributed by atoms with Gasteiger partial charge in [0.05, 0.1) is 0 Å². The van der Waals surface area contributed by atoms with Gasteiger partial charge in [0.15, 0.2) is 0 Å². The molecule has 0 aromatic rings. The van der Waals surface area contributed by atoms with Crippen molar-refractivity contribution in [1.29, 1.82) is 0 Å². The molecular weight excluding hydrogens is 182 g/mol. The monoisotopic (exact) mass is 211 g/mol. The second-order valence-electron chi connectivity index (χ2n) is 4.58. The molecule has 0 bridgehead atoms. The highest BCUT2D eigenvalue weighted by Crippen LogP contribution is 2.05. The second-order valence-corrected chi connectivity index (χ2v) is 4.58. The Morgan fingerprint density at radius 2 is 1.53 bits per heavy atom. The molecule has 0 aliphatic rings. The normalized spacial score (nSPS) is 10.5. The van der Waals surface area contributed by atoms with Gasteiger partial charge in [0.1, 0.15) is 0 Å². The molecule has 0 amide bonds. The Labute approximate surface area is 96.3 Å². The maximum absolute atomic E-state index is 3.92. The van der Waals surface area contributed by atoms with Crippen molar-refractivity contribution in [2.45, 2.75) is 65.2 Å². The number of hydrogen-bond acceptors (Lipinski definition) is 1. The van der Waals surface area contributed by atoms with Crippen molar-refractivity contribution < 1.29 is 0 Å². The Bertz CT molecular complexity index is 140. The lowest BCUT2D eigenvalue weighted by molar-refractivity contribution is 0.566. The molecule has 0 heterocycles. The zero-order chi connectivity index (χ0) is 11.4. The molecule has 0 unspecified atom stereocenters. The Morgan fingerprint density at radius 3 is 2.07 bits per heavy atom. The van der Waals surface area contributed by atoms with Crippen LogP contribution in [-0.2, 0) is 0 Å². The Kier molecular flexibility index (Phi) is 11.5. The maximum atomic E-state index is 3.92. The van der Waals surface area contributed by atoms with Crippen LogP contribution in [0.3, 0.4) is 0 Å². The summed E-state index contributed by atoms with van der Waals surface area (Å²) in [5, 5.41) is 3.51. The minimum Gasteiger partial charge on any atom is -0.317 e. The molecule has 0 rings (SSSR count). The molecule has 0 radical (unpaired) electrons. The summed E-state index contributed by atoms with van der Waals surface area (Å²) in [7, 11) is 0. The van der Waals surface area contributed by atoms with E-state index < -0.39 is 0 Å². The summed E-state index contributed by atoms with van der Waals surface area (Å²) in [6, 6.07) is 0. The SMILES string of the molecule is C=C(C)CCCCCNCCCCCC. The Morgan fingerprint density at radius 1 is 0.933 bits per heavy atom. The van der Waals surface area contributed by atoms with Gasteiger partial charge in [-0.05, 0) is 45.7 Å². The highest BCUT2D eigenvalue weighted by atomic mass is 14.8. The lowest BCUT2D eigenvalue weighted by Gasteiger charge is -2.04. The molecule has 0 aromatic carbocycles. The first-order chi connectivity index (χ1) is 7.27. The molecule has 1 heteroatoms. The lowest BCUT2D eigenvalue weighted by atomic mass is 10.1. The average Bonchev–Trinajstić information content (AvgIpc) is 2.20. The zero-order valence-corrected chi connectivity index (χ0v) is 10.8. The van der Waals surface area contributed by atoms with Crippen molar-refractivity contribution in [1.82, 2.24) is 5.32 Å². The van der Waals surface area contributed by atoms with Gasteiger partial charge in [-0.25, -0.2) is 0 Å². The summed E-state index contributed by atoms with van der Waals surface area (Å²) in [5.41, 5.74) is 1.32. The molecule has 15 heavy (non-hydrogen) atoms. The summed E-state index contributed by atoms with van der Waals surface area (Å²) in [4.78, 5) is 0. The second kappa shape index (κ2) is 11.8. The third-order valence-corrected chi connectivity index (χ3v) is 2.66. The van der Waals surface area contributed by atoms with Crippen molar-refractivity contribution in [2.75, 3.05) is 13.1 Å². The molecular formula is C14H29N. The van der Waals surface area contributed by atoms with Crippen molar-refractivity contribution in [3.63, 3.8) is 0 Å². The third kappa shape index (κ3) is 13.7. The summed E-state index contributed by atoms with van der Waals surface area (Å²) in [6.45, 7) is 10.7. The number of hydrogen-bond donors (Lipinski definition) is 1. The van der Waals surface area contributed by atoms with E-state index in [0.717, 1.165) is 0 Å². The summed E-state index contributed by atoms with van der Waals surface area (Å²) < 4.78 is 0. The standard InChI is InChI=1S/C14H29N/c1-4-5-6-9-12-15-13-10-7-8-11-14(2)3/h15H,2,4-13H2,1,3H3. The van der Waals surface area contributed by atoms with Crippen LogP contribution in [0.25, 0.3) is 0 Å². The first kappa shape index (κ1) is 14.7. The van der Waals surface area contributed by atoms with Crippen molar-refractivity contribution in [3.05, 3.63) is 12.2 Å². The van der Waals surface area contributed by atoms with E-state index in [2.05, 4.69) is 25.7 Å². The van der Waals surface area contributed by atoms with Gasteiger partial charge < -0.3 is 5.32 Å². The largest absolute Gasteiger partial charge is 0.317 e. The number of unbranched alkanes of at least 4 members (excludes halogenated alkanes) is 5. The van der Waals surface area contributed by atoms with Gasteiger partial charge in [-0.1, -0.05) is 38.2 Å². The average molecular weight is 211 g/mol. The van der Waals surface area contributed by atoms with Gasteiger partial charge in [0.25, 0.3) is 0 Å². The van der Waals surface area contributed by atoms with Crippen molar-refractivity contribution in [2.24, 2.45) is 0 Å². The molecule has 0 spiro atoms. The summed E-state index contributed by atoms with van der Waals surface area (Å²) >= 11 is 0. The molecule has 0 atom stereocenters. The van der Waals surface area contributed by atoms with E-state index in [9.17, 15) is 0 Å². The molecule has 1 nitrogen and oxygen atoms in total. The van der Waals surface area contributed by atoms with Gasteiger partial charge in [0, 0.05) is 0 Å². The van der Waals surface area contributed by atoms with Crippen LogP contribution in [0.5, 0.6) is 0 Å². The quantitative estimate of drug-likeness (QED) is 0.397. The highest BCUT2D eigenvalue weighted by molar-refractivity contribution is 4.86. The van der Waals surface area contributed by atoms with Gasteiger partial charge in [-0.3, -0.25) is 0 Å². The fourth-order valence-corrected chi connectivity index (χ4v) is 1.66. The van der Waals surface area contributed by atoms with Crippen LogP contribution < -0.4 is 5.32 Å². The van der Waals surface area contributed by atoms with Crippen molar-refractivity contribution in [3.8, 4) is 0 Å². The van der Waals surface area contributed by atoms with E-state index in [4.69, 9.17) is 0 Å². The molecule has 0 aliphatic carbocycles. The van der Waals surface area contributed by atoms with Crippen LogP contribution >= 0.6 is 0 Å². The summed E-state index contributed by atoms with van der Waals surface area (Å²) in [6.07, 6.45) is 10.6. The first-order valence-corrected chi connectivity index (χ1v) is 6.62. The third-order valence-electron chi connectivity index (χ3n) is 2.66. The van der Waals surface area contributed by atoms with E-state index in [1.165, 1.54) is 70.0 Å². The zero-order valence-electron chi connectivity index (χ0n) is 10.8. The van der Waals surface area contributed by atoms with Crippen LogP contribution in [0.15, 0.2) is 12.2 Å². The first-order valence-electron chi connectivity index (χ1n) is 6.62. The summed E-state index contributed by atoms with van der Waals surface area (Å²) in [5.74, 6) is 0. The van der Waals surface area contributed by atoms with Crippen LogP contribution in [0.2, 0.25) is 0 Å². The molecule has 90 valence electrons. The minimum absolute atomic E-state index is 1.20. The van der Waals surface area contributed by atoms with E-state index in [0.29, 0.717) is 0 Å². The topological polar surface area (TPSA) is 12.0 Å². The Hall–Kier alpha value is -0.300. The number of allylic oxidation sites excluding steroid dienone is 1. The van der Waals surface area contributed by atoms with E-state index in [1.54, 1.807) is 0 Å². The lowest BCUT2D eigenvalue weighted by Crippen LogP contribution is -2.16. The van der Waals surface area contributed by atoms with Gasteiger partial charge >= 0.3 is 0 Å². The number of nitrogens with one attached hydrogen (secondary N) is 1. The van der Waals surface area contributed by atoms with Crippen LogP contribution in [0.4, 0.5) is 0 Å². The molecule has 0 saturated heterocycles. The van der Waals surface area contributed by atoms with E-state index in [-0.39, 0.29) is 0 Å². The van der Waals surface area contributed by atoms with E-state index >= 15 is 0 Å². The van der Waals surface area contributed by atoms with Crippen LogP contribution in [0, 0.1) is 0 Å². The van der Waals surface area contributed by atoms with Gasteiger partial charge in [-0.2, -0.15) is 0 Å². The number of rotatable bonds is 11. The minimum atomic E-state index is 1.20. The molecule has 0 aromatic heterocycles. The van der Waals surface area contributed by atoms with E-state index in [1.807, 2.05) is 0 Å². The fraction of sp³-hybridized carbons (Fsp3) is 0.857. The predicted octanol–water partition coefficient (Wildman–Crippen LogP) is 4.29. The highest BCUT2D eigenvalue weighted by Gasteiger charge is 1.91.